The largest absolute Gasteiger partial charge is 0.457 e. The fourth-order valence-corrected chi connectivity index (χ4v) is 6.06. The molecule has 2 aliphatic heterocycles. The van der Waals surface area contributed by atoms with Gasteiger partial charge in [0.05, 0.1) is 11.3 Å². The van der Waals surface area contributed by atoms with Crippen LogP contribution >= 0.6 is 0 Å². The number of ether oxygens (including phenoxy) is 1. The summed E-state index contributed by atoms with van der Waals surface area (Å²) in [4.78, 5) is 13.1. The number of piperidine rings is 1. The molecular weight excluding hydrogens is 474 g/mol. The molecule has 0 bridgehead atoms. The number of nitrogens with zero attached hydrogens (tertiary/aromatic N) is 4. The smallest absolute Gasteiger partial charge is 0.138 e. The Morgan fingerprint density at radius 1 is 0.842 bits per heavy atom. The lowest BCUT2D eigenvalue weighted by Gasteiger charge is -2.35. The topological polar surface area (TPSA) is 117 Å². The van der Waals surface area contributed by atoms with E-state index in [-0.39, 0.29) is 17.3 Å². The molecule has 38 heavy (non-hydrogen) atoms. The Bertz CT molecular complexity index is 1180. The summed E-state index contributed by atoms with van der Waals surface area (Å²) >= 11 is 0. The third-order valence-electron chi connectivity index (χ3n) is 8.24. The van der Waals surface area contributed by atoms with Crippen LogP contribution in [0.1, 0.15) is 43.2 Å². The molecular formula is C30H39N7O. The van der Waals surface area contributed by atoms with Crippen molar-refractivity contribution in [3.05, 3.63) is 72.1 Å². The van der Waals surface area contributed by atoms with Crippen molar-refractivity contribution in [1.29, 1.82) is 5.41 Å². The van der Waals surface area contributed by atoms with Gasteiger partial charge in [-0.25, -0.2) is 9.97 Å². The minimum atomic E-state index is 0.173. The predicted octanol–water partition coefficient (Wildman–Crippen LogP) is 4.66. The summed E-state index contributed by atoms with van der Waals surface area (Å²) in [6.07, 6.45) is 8.66. The van der Waals surface area contributed by atoms with Crippen LogP contribution in [0.2, 0.25) is 0 Å². The van der Waals surface area contributed by atoms with Crippen molar-refractivity contribution >= 4 is 17.3 Å². The summed E-state index contributed by atoms with van der Waals surface area (Å²) in [5.74, 6) is 3.95. The average Bonchev–Trinajstić information content (AvgIpc) is 3.53. The number of likely N-dealkylation sites (tertiary alicyclic amines) is 2. The molecule has 2 saturated heterocycles. The van der Waals surface area contributed by atoms with Crippen LogP contribution in [0.25, 0.3) is 0 Å². The Balaban J connectivity index is 0.000000168. The summed E-state index contributed by atoms with van der Waals surface area (Å²) in [6.45, 7) is 5.49. The van der Waals surface area contributed by atoms with Gasteiger partial charge in [-0.15, -0.1) is 0 Å². The first-order valence-corrected chi connectivity index (χ1v) is 13.7. The summed E-state index contributed by atoms with van der Waals surface area (Å²) in [5, 5.41) is 8.26. The van der Waals surface area contributed by atoms with Gasteiger partial charge in [-0.3, -0.25) is 10.3 Å². The fraction of sp³-hybridized carbons (Fsp3) is 0.433. The highest BCUT2D eigenvalue weighted by atomic mass is 16.5. The van der Waals surface area contributed by atoms with E-state index >= 15 is 0 Å². The maximum atomic E-state index is 8.26. The zero-order valence-electron chi connectivity index (χ0n) is 22.2. The Morgan fingerprint density at radius 3 is 2.03 bits per heavy atom. The molecule has 2 aromatic carbocycles. The summed E-state index contributed by atoms with van der Waals surface area (Å²) in [7, 11) is 2.26. The molecule has 0 amide bonds. The van der Waals surface area contributed by atoms with Gasteiger partial charge < -0.3 is 21.1 Å². The molecule has 1 saturated carbocycles. The summed E-state index contributed by atoms with van der Waals surface area (Å²) in [6, 6.07) is 17.5. The normalized spacial score (nSPS) is 21.9. The van der Waals surface area contributed by atoms with Crippen molar-refractivity contribution < 1.29 is 4.74 Å². The first kappa shape index (κ1) is 26.1. The van der Waals surface area contributed by atoms with E-state index in [0.29, 0.717) is 16.9 Å². The zero-order valence-corrected chi connectivity index (χ0v) is 22.2. The number of fused-ring (bicyclic) bond motifs is 1. The molecule has 3 aromatic rings. The van der Waals surface area contributed by atoms with Crippen molar-refractivity contribution in [3.8, 4) is 11.5 Å². The Morgan fingerprint density at radius 2 is 1.42 bits per heavy atom. The molecule has 8 heteroatoms. The van der Waals surface area contributed by atoms with Crippen LogP contribution in [0, 0.1) is 17.2 Å². The molecule has 8 nitrogen and oxygen atoms in total. The number of benzene rings is 2. The Hall–Kier alpha value is -3.49. The van der Waals surface area contributed by atoms with Gasteiger partial charge >= 0.3 is 0 Å². The van der Waals surface area contributed by atoms with Crippen molar-refractivity contribution in [2.45, 2.75) is 38.1 Å². The van der Waals surface area contributed by atoms with Crippen molar-refractivity contribution in [3.63, 3.8) is 0 Å². The number of nitrogens with one attached hydrogen (secondary N) is 1. The van der Waals surface area contributed by atoms with Crippen LogP contribution in [-0.4, -0.2) is 64.7 Å². The molecule has 6 rings (SSSR count). The molecule has 2 atom stereocenters. The second-order valence-electron chi connectivity index (χ2n) is 10.8. The Kier molecular flexibility index (Phi) is 8.20. The first-order chi connectivity index (χ1) is 18.5. The number of para-hydroxylation sites is 1. The van der Waals surface area contributed by atoms with Gasteiger partial charge in [-0.1, -0.05) is 24.6 Å². The van der Waals surface area contributed by atoms with Gasteiger partial charge in [-0.2, -0.15) is 0 Å². The Labute approximate surface area is 225 Å². The van der Waals surface area contributed by atoms with E-state index in [2.05, 4.69) is 26.8 Å². The van der Waals surface area contributed by atoms with Crippen LogP contribution in [-0.2, 0) is 0 Å². The molecule has 2 unspecified atom stereocenters. The fourth-order valence-electron chi connectivity index (χ4n) is 6.06. The van der Waals surface area contributed by atoms with E-state index < -0.39 is 0 Å². The molecule has 3 fully saturated rings. The van der Waals surface area contributed by atoms with E-state index in [1.807, 2.05) is 30.3 Å². The number of hydrogen-bond donors (Lipinski definition) is 3. The summed E-state index contributed by atoms with van der Waals surface area (Å²) < 4.78 is 5.72. The van der Waals surface area contributed by atoms with Crippen molar-refractivity contribution in [2.24, 2.45) is 11.8 Å². The zero-order chi connectivity index (χ0) is 26.5. The number of aromatic nitrogens is 2. The number of anilines is 2. The SMILES string of the molecule is CN1CCC(N2CC3CCCC3C2)CC1.N=C(c1ccc(Oc2ccccc2)cc1)c1c(N)ncnc1N. The summed E-state index contributed by atoms with van der Waals surface area (Å²) in [5.41, 5.74) is 12.8. The van der Waals surface area contributed by atoms with Crippen LogP contribution in [0.5, 0.6) is 11.5 Å². The van der Waals surface area contributed by atoms with E-state index in [0.717, 1.165) is 23.6 Å². The monoisotopic (exact) mass is 513 g/mol. The van der Waals surface area contributed by atoms with Gasteiger partial charge in [0, 0.05) is 24.7 Å². The third-order valence-corrected chi connectivity index (χ3v) is 8.24. The van der Waals surface area contributed by atoms with E-state index in [4.69, 9.17) is 21.6 Å². The number of hydrogen-bond acceptors (Lipinski definition) is 8. The lowest BCUT2D eigenvalue weighted by Crippen LogP contribution is -2.43. The standard InChI is InChI=1S/C17H15N5O.C13H24N2/c18-15(14-16(19)21-10-22-17(14)20)11-6-8-13(9-7-11)23-12-4-2-1-3-5-12;1-14-7-5-13(6-8-14)15-9-11-3-2-4-12(11)10-15/h1-10,18H,(H4,19,20,21,22);11-13H,2-10H2,1H3. The van der Waals surface area contributed by atoms with Crippen LogP contribution in [0.15, 0.2) is 60.9 Å². The number of nitrogens with two attached hydrogens (primary N) is 2. The second-order valence-corrected chi connectivity index (χ2v) is 10.8. The van der Waals surface area contributed by atoms with Gasteiger partial charge in [0.15, 0.2) is 0 Å². The van der Waals surface area contributed by atoms with Crippen LogP contribution in [0.3, 0.4) is 0 Å². The van der Waals surface area contributed by atoms with E-state index in [1.165, 1.54) is 64.6 Å². The molecule has 200 valence electrons. The van der Waals surface area contributed by atoms with Crippen molar-refractivity contribution in [2.75, 3.05) is 44.7 Å². The van der Waals surface area contributed by atoms with Crippen molar-refractivity contribution in [1.82, 2.24) is 19.8 Å². The maximum absolute atomic E-state index is 8.26. The van der Waals surface area contributed by atoms with Crippen LogP contribution < -0.4 is 16.2 Å². The van der Waals surface area contributed by atoms with Gasteiger partial charge in [0.25, 0.3) is 0 Å². The molecule has 3 heterocycles. The molecule has 1 aromatic heterocycles. The minimum Gasteiger partial charge on any atom is -0.457 e. The van der Waals surface area contributed by atoms with Gasteiger partial charge in [-0.05, 0) is 94.1 Å². The molecule has 3 aliphatic rings. The highest BCUT2D eigenvalue weighted by molar-refractivity contribution is 6.15. The van der Waals surface area contributed by atoms with Gasteiger partial charge in [0.1, 0.15) is 29.5 Å². The third kappa shape index (κ3) is 6.14. The number of rotatable bonds is 5. The van der Waals surface area contributed by atoms with E-state index in [1.54, 1.807) is 24.3 Å². The molecule has 5 N–H and O–H groups in total. The van der Waals surface area contributed by atoms with Crippen LogP contribution in [0.4, 0.5) is 11.6 Å². The number of nitrogen functional groups attached to an aromatic ring is 2. The molecule has 0 radical (unpaired) electrons. The van der Waals surface area contributed by atoms with Gasteiger partial charge in [0.2, 0.25) is 0 Å². The lowest BCUT2D eigenvalue weighted by atomic mass is 10.0. The van der Waals surface area contributed by atoms with E-state index in [9.17, 15) is 0 Å². The highest BCUT2D eigenvalue weighted by Crippen LogP contribution is 2.39. The quantitative estimate of drug-likeness (QED) is 0.425. The molecule has 0 spiro atoms. The minimum absolute atomic E-state index is 0.173. The molecule has 1 aliphatic carbocycles. The second kappa shape index (κ2) is 11.9. The predicted molar refractivity (Wildman–Crippen MR) is 153 cm³/mol. The maximum Gasteiger partial charge on any atom is 0.138 e. The average molecular weight is 514 g/mol. The highest BCUT2D eigenvalue weighted by Gasteiger charge is 2.38. The lowest BCUT2D eigenvalue weighted by molar-refractivity contribution is 0.136. The first-order valence-electron chi connectivity index (χ1n) is 13.7.